The first-order chi connectivity index (χ1) is 8.79. The number of rotatable bonds is 13. The Balaban J connectivity index is 3.71. The van der Waals surface area contributed by atoms with Gasteiger partial charge < -0.3 is 5.32 Å². The summed E-state index contributed by atoms with van der Waals surface area (Å²) in [6.45, 7) is 6.94. The highest BCUT2D eigenvalue weighted by Crippen LogP contribution is 2.21. The van der Waals surface area contributed by atoms with Gasteiger partial charge in [-0.25, -0.2) is 0 Å². The van der Waals surface area contributed by atoms with Crippen molar-refractivity contribution in [3.8, 4) is 0 Å². The molecule has 0 aliphatic carbocycles. The van der Waals surface area contributed by atoms with Crippen molar-refractivity contribution in [2.75, 3.05) is 7.05 Å². The first-order valence-corrected chi connectivity index (χ1v) is 8.47. The van der Waals surface area contributed by atoms with Gasteiger partial charge >= 0.3 is 0 Å². The second-order valence-corrected chi connectivity index (χ2v) is 5.76. The molecular formula is C17H37N. The maximum absolute atomic E-state index is 3.56. The summed E-state index contributed by atoms with van der Waals surface area (Å²) in [5.41, 5.74) is 0. The first-order valence-electron chi connectivity index (χ1n) is 8.47. The molecule has 0 fully saturated rings. The molecule has 0 aromatic rings. The number of hydrogen-bond donors (Lipinski definition) is 1. The molecule has 18 heavy (non-hydrogen) atoms. The van der Waals surface area contributed by atoms with Gasteiger partial charge in [0.25, 0.3) is 0 Å². The lowest BCUT2D eigenvalue weighted by Gasteiger charge is -2.26. The van der Waals surface area contributed by atoms with Crippen LogP contribution < -0.4 is 5.32 Å². The first kappa shape index (κ1) is 18.0. The standard InChI is InChI=1S/C17H37N/c1-5-8-10-11-12-13-15-17(18-4)16(7-3)14-9-6-2/h16-18H,5-15H2,1-4H3. The van der Waals surface area contributed by atoms with Gasteiger partial charge in [0, 0.05) is 6.04 Å². The molecule has 1 heteroatoms. The monoisotopic (exact) mass is 255 g/mol. The molecular weight excluding hydrogens is 218 g/mol. The molecule has 0 aromatic heterocycles. The third kappa shape index (κ3) is 8.97. The molecule has 0 aliphatic heterocycles. The van der Waals surface area contributed by atoms with Crippen LogP contribution in [0.15, 0.2) is 0 Å². The van der Waals surface area contributed by atoms with E-state index in [1.807, 2.05) is 0 Å². The predicted molar refractivity (Wildman–Crippen MR) is 84.1 cm³/mol. The van der Waals surface area contributed by atoms with Gasteiger partial charge in [-0.15, -0.1) is 0 Å². The minimum Gasteiger partial charge on any atom is -0.317 e. The second-order valence-electron chi connectivity index (χ2n) is 5.76. The molecule has 110 valence electrons. The largest absolute Gasteiger partial charge is 0.317 e. The zero-order valence-corrected chi connectivity index (χ0v) is 13.4. The van der Waals surface area contributed by atoms with Crippen LogP contribution in [-0.4, -0.2) is 13.1 Å². The molecule has 1 N–H and O–H groups in total. The maximum Gasteiger partial charge on any atom is 0.00922 e. The molecule has 0 heterocycles. The molecule has 0 radical (unpaired) electrons. The van der Waals surface area contributed by atoms with E-state index in [0.717, 1.165) is 12.0 Å². The molecule has 0 saturated carbocycles. The lowest BCUT2D eigenvalue weighted by atomic mass is 9.88. The number of hydrogen-bond acceptors (Lipinski definition) is 1. The van der Waals surface area contributed by atoms with Crippen molar-refractivity contribution in [3.05, 3.63) is 0 Å². The minimum atomic E-state index is 0.757. The Labute approximate surface area is 116 Å². The van der Waals surface area contributed by atoms with E-state index in [2.05, 4.69) is 33.1 Å². The van der Waals surface area contributed by atoms with Crippen molar-refractivity contribution in [3.63, 3.8) is 0 Å². The SMILES string of the molecule is CCCCCCCCC(NC)C(CC)CCCC. The Hall–Kier alpha value is -0.0400. The van der Waals surface area contributed by atoms with E-state index in [1.54, 1.807) is 0 Å². The maximum atomic E-state index is 3.56. The molecule has 2 unspecified atom stereocenters. The predicted octanol–water partition coefficient (Wildman–Crippen LogP) is 5.54. The van der Waals surface area contributed by atoms with Crippen LogP contribution in [0, 0.1) is 5.92 Å². The van der Waals surface area contributed by atoms with Gasteiger partial charge in [-0.1, -0.05) is 78.6 Å². The highest BCUT2D eigenvalue weighted by Gasteiger charge is 2.17. The van der Waals surface area contributed by atoms with Crippen LogP contribution in [0.2, 0.25) is 0 Å². The summed E-state index contributed by atoms with van der Waals surface area (Å²) >= 11 is 0. The fourth-order valence-corrected chi connectivity index (χ4v) is 2.92. The summed E-state index contributed by atoms with van der Waals surface area (Å²) in [7, 11) is 2.15. The van der Waals surface area contributed by atoms with Crippen molar-refractivity contribution in [1.82, 2.24) is 5.32 Å². The molecule has 0 aliphatic rings. The smallest absolute Gasteiger partial charge is 0.00922 e. The van der Waals surface area contributed by atoms with E-state index in [9.17, 15) is 0 Å². The average Bonchev–Trinajstić information content (AvgIpc) is 2.40. The van der Waals surface area contributed by atoms with Crippen molar-refractivity contribution in [2.24, 2.45) is 5.92 Å². The lowest BCUT2D eigenvalue weighted by molar-refractivity contribution is 0.309. The quantitative estimate of drug-likeness (QED) is 0.426. The van der Waals surface area contributed by atoms with Crippen LogP contribution >= 0.6 is 0 Å². The average molecular weight is 255 g/mol. The van der Waals surface area contributed by atoms with Crippen LogP contribution in [0.1, 0.15) is 91.4 Å². The van der Waals surface area contributed by atoms with Crippen molar-refractivity contribution >= 4 is 0 Å². The van der Waals surface area contributed by atoms with E-state index in [0.29, 0.717) is 0 Å². The molecule has 0 aromatic carbocycles. The van der Waals surface area contributed by atoms with Crippen molar-refractivity contribution < 1.29 is 0 Å². The lowest BCUT2D eigenvalue weighted by Crippen LogP contribution is -2.33. The number of nitrogens with one attached hydrogen (secondary N) is 1. The summed E-state index contributed by atoms with van der Waals surface area (Å²) in [5.74, 6) is 0.894. The van der Waals surface area contributed by atoms with Crippen LogP contribution in [0.25, 0.3) is 0 Å². The van der Waals surface area contributed by atoms with Crippen LogP contribution in [0.5, 0.6) is 0 Å². The molecule has 0 spiro atoms. The summed E-state index contributed by atoms with van der Waals surface area (Å²) in [5, 5.41) is 3.56. The van der Waals surface area contributed by atoms with E-state index < -0.39 is 0 Å². The summed E-state index contributed by atoms with van der Waals surface area (Å²) in [6, 6.07) is 0.757. The van der Waals surface area contributed by atoms with Gasteiger partial charge in [0.2, 0.25) is 0 Å². The Kier molecular flexibility index (Phi) is 13.4. The molecule has 0 bridgehead atoms. The van der Waals surface area contributed by atoms with Gasteiger partial charge in [-0.05, 0) is 25.8 Å². The Morgan fingerprint density at radius 2 is 1.33 bits per heavy atom. The zero-order chi connectivity index (χ0) is 13.6. The summed E-state index contributed by atoms with van der Waals surface area (Å²) in [6.07, 6.45) is 15.4. The summed E-state index contributed by atoms with van der Waals surface area (Å²) < 4.78 is 0. The van der Waals surface area contributed by atoms with E-state index >= 15 is 0 Å². The van der Waals surface area contributed by atoms with Crippen LogP contribution in [0.3, 0.4) is 0 Å². The van der Waals surface area contributed by atoms with Crippen LogP contribution in [-0.2, 0) is 0 Å². The number of unbranched alkanes of at least 4 members (excludes halogenated alkanes) is 6. The highest BCUT2D eigenvalue weighted by molar-refractivity contribution is 4.74. The normalized spacial score (nSPS) is 14.7. The Bertz CT molecular complexity index is 156. The summed E-state index contributed by atoms with van der Waals surface area (Å²) in [4.78, 5) is 0. The van der Waals surface area contributed by atoms with Gasteiger partial charge in [0.1, 0.15) is 0 Å². The molecule has 1 nitrogen and oxygen atoms in total. The second kappa shape index (κ2) is 13.4. The van der Waals surface area contributed by atoms with Gasteiger partial charge in [0.15, 0.2) is 0 Å². The zero-order valence-electron chi connectivity index (χ0n) is 13.4. The minimum absolute atomic E-state index is 0.757. The Morgan fingerprint density at radius 3 is 1.89 bits per heavy atom. The van der Waals surface area contributed by atoms with Gasteiger partial charge in [-0.3, -0.25) is 0 Å². The third-order valence-corrected chi connectivity index (χ3v) is 4.26. The van der Waals surface area contributed by atoms with E-state index in [-0.39, 0.29) is 0 Å². The van der Waals surface area contributed by atoms with Crippen molar-refractivity contribution in [1.29, 1.82) is 0 Å². The fraction of sp³-hybridized carbons (Fsp3) is 1.00. The van der Waals surface area contributed by atoms with E-state index in [4.69, 9.17) is 0 Å². The Morgan fingerprint density at radius 1 is 0.722 bits per heavy atom. The van der Waals surface area contributed by atoms with Gasteiger partial charge in [0.05, 0.1) is 0 Å². The molecule has 0 amide bonds. The van der Waals surface area contributed by atoms with Gasteiger partial charge in [-0.2, -0.15) is 0 Å². The topological polar surface area (TPSA) is 12.0 Å². The fourth-order valence-electron chi connectivity index (χ4n) is 2.92. The van der Waals surface area contributed by atoms with Crippen molar-refractivity contribution in [2.45, 2.75) is 97.4 Å². The molecule has 0 rings (SSSR count). The van der Waals surface area contributed by atoms with E-state index in [1.165, 1.54) is 70.6 Å². The highest BCUT2D eigenvalue weighted by atomic mass is 14.9. The molecule has 0 saturated heterocycles. The molecule has 2 atom stereocenters. The third-order valence-electron chi connectivity index (χ3n) is 4.26. The van der Waals surface area contributed by atoms with Crippen LogP contribution in [0.4, 0.5) is 0 Å².